The minimum atomic E-state index is -1.54. The van der Waals surface area contributed by atoms with Crippen LogP contribution in [0, 0.1) is 30.2 Å². The molecule has 0 aromatic heterocycles. The van der Waals surface area contributed by atoms with Crippen molar-refractivity contribution in [2.75, 3.05) is 12.3 Å². The summed E-state index contributed by atoms with van der Waals surface area (Å²) < 4.78 is 55.0. The van der Waals surface area contributed by atoms with Crippen LogP contribution in [0.2, 0.25) is 0 Å². The van der Waals surface area contributed by atoms with E-state index in [4.69, 9.17) is 0 Å². The van der Waals surface area contributed by atoms with Gasteiger partial charge < -0.3 is 0 Å². The van der Waals surface area contributed by atoms with Gasteiger partial charge in [-0.05, 0) is 32.1 Å². The molecule has 0 aliphatic rings. The normalized spacial score (nSPS) is 11.4. The quantitative estimate of drug-likeness (QED) is 0.279. The first kappa shape index (κ1) is 17.4. The Morgan fingerprint density at radius 2 is 1.25 bits per heavy atom. The van der Waals surface area contributed by atoms with Crippen LogP contribution in [-0.4, -0.2) is 12.3 Å². The smallest absolute Gasteiger partial charge is 0.195 e. The highest BCUT2D eigenvalue weighted by Gasteiger charge is 2.27. The van der Waals surface area contributed by atoms with E-state index in [1.54, 1.807) is 0 Å². The maximum absolute atomic E-state index is 14.2. The van der Waals surface area contributed by atoms with Gasteiger partial charge in [0.25, 0.3) is 0 Å². The summed E-state index contributed by atoms with van der Waals surface area (Å²) in [7, 11) is -1.11. The van der Waals surface area contributed by atoms with Crippen molar-refractivity contribution in [3.05, 3.63) is 28.8 Å². The molecule has 0 bridgehead atoms. The van der Waals surface area contributed by atoms with Crippen molar-refractivity contribution < 1.29 is 17.6 Å². The van der Waals surface area contributed by atoms with Crippen molar-refractivity contribution in [3.63, 3.8) is 0 Å². The second kappa shape index (κ2) is 7.97. The Balaban J connectivity index is 3.24. The molecule has 0 spiro atoms. The number of halogens is 4. The summed E-state index contributed by atoms with van der Waals surface area (Å²) in [6.45, 7) is 5.15. The van der Waals surface area contributed by atoms with Gasteiger partial charge in [-0.15, -0.1) is 0 Å². The number of unbranched alkanes of at least 4 members (excludes halogenated alkanes) is 2. The van der Waals surface area contributed by atoms with E-state index in [2.05, 4.69) is 0 Å². The molecular formula is C15H21F4P. The van der Waals surface area contributed by atoms with Crippen LogP contribution in [0.15, 0.2) is 0 Å². The molecule has 0 unspecified atom stereocenters. The zero-order valence-electron chi connectivity index (χ0n) is 12.2. The van der Waals surface area contributed by atoms with Crippen molar-refractivity contribution in [2.24, 2.45) is 0 Å². The van der Waals surface area contributed by atoms with Crippen LogP contribution in [0.25, 0.3) is 0 Å². The van der Waals surface area contributed by atoms with Gasteiger partial charge in [0.2, 0.25) is 0 Å². The molecule has 0 N–H and O–H groups in total. The zero-order chi connectivity index (χ0) is 15.3. The lowest BCUT2D eigenvalue weighted by atomic mass is 10.2. The molecule has 0 fully saturated rings. The van der Waals surface area contributed by atoms with Gasteiger partial charge >= 0.3 is 0 Å². The van der Waals surface area contributed by atoms with Gasteiger partial charge in [0.05, 0.1) is 5.30 Å². The van der Waals surface area contributed by atoms with E-state index < -0.39 is 36.8 Å². The molecule has 0 atom stereocenters. The van der Waals surface area contributed by atoms with E-state index in [9.17, 15) is 17.6 Å². The number of hydrogen-bond acceptors (Lipinski definition) is 0. The van der Waals surface area contributed by atoms with Gasteiger partial charge in [-0.25, -0.2) is 17.6 Å². The fourth-order valence-corrected chi connectivity index (χ4v) is 4.93. The molecule has 0 nitrogen and oxygen atoms in total. The first-order valence-electron chi connectivity index (χ1n) is 7.03. The van der Waals surface area contributed by atoms with Gasteiger partial charge in [0, 0.05) is 5.56 Å². The fourth-order valence-electron chi connectivity index (χ4n) is 2.05. The molecule has 0 aliphatic carbocycles. The molecule has 5 heteroatoms. The number of hydrogen-bond donors (Lipinski definition) is 0. The second-order valence-corrected chi connectivity index (χ2v) is 7.35. The Bertz CT molecular complexity index is 423. The standard InChI is InChI=1S/C15H21F4P/c1-4-6-8-20(9-7-5-2)15-12(17)10(3)11(16)13(18)14(15)19/h4-9H2,1-3H3. The molecule has 20 heavy (non-hydrogen) atoms. The second-order valence-electron chi connectivity index (χ2n) is 4.92. The maximum atomic E-state index is 14.2. The van der Waals surface area contributed by atoms with Crippen LogP contribution in [-0.2, 0) is 0 Å². The molecule has 114 valence electrons. The average molecular weight is 308 g/mol. The lowest BCUT2D eigenvalue weighted by Crippen LogP contribution is -2.21. The van der Waals surface area contributed by atoms with Crippen LogP contribution in [0.3, 0.4) is 0 Å². The third-order valence-corrected chi connectivity index (χ3v) is 6.08. The summed E-state index contributed by atoms with van der Waals surface area (Å²) in [6.07, 6.45) is 4.82. The van der Waals surface area contributed by atoms with Crippen LogP contribution in [0.1, 0.15) is 45.1 Å². The van der Waals surface area contributed by atoms with Crippen molar-refractivity contribution in [1.29, 1.82) is 0 Å². The zero-order valence-corrected chi connectivity index (χ0v) is 13.1. The molecule has 0 saturated carbocycles. The van der Waals surface area contributed by atoms with Crippen LogP contribution in [0.5, 0.6) is 0 Å². The Kier molecular flexibility index (Phi) is 6.94. The predicted molar refractivity (Wildman–Crippen MR) is 77.1 cm³/mol. The van der Waals surface area contributed by atoms with Crippen LogP contribution >= 0.6 is 7.92 Å². The lowest BCUT2D eigenvalue weighted by molar-refractivity contribution is 0.434. The molecule has 1 aromatic rings. The molecule has 1 aromatic carbocycles. The molecule has 0 amide bonds. The fraction of sp³-hybridized carbons (Fsp3) is 0.600. The van der Waals surface area contributed by atoms with E-state index in [1.165, 1.54) is 0 Å². The molecule has 0 radical (unpaired) electrons. The minimum absolute atomic E-state index is 0.210. The first-order valence-corrected chi connectivity index (χ1v) is 8.74. The molecular weight excluding hydrogens is 287 g/mol. The predicted octanol–water partition coefficient (Wildman–Crippen LogP) is 5.26. The highest BCUT2D eigenvalue weighted by atomic mass is 31.1. The lowest BCUT2D eigenvalue weighted by Gasteiger charge is -2.20. The summed E-state index contributed by atoms with van der Waals surface area (Å²) in [5, 5.41) is -0.210. The van der Waals surface area contributed by atoms with E-state index in [-0.39, 0.29) is 5.30 Å². The van der Waals surface area contributed by atoms with Gasteiger partial charge in [-0.1, -0.05) is 34.6 Å². The maximum Gasteiger partial charge on any atom is 0.195 e. The van der Waals surface area contributed by atoms with Crippen LogP contribution < -0.4 is 5.30 Å². The highest BCUT2D eigenvalue weighted by Crippen LogP contribution is 2.40. The monoisotopic (exact) mass is 308 g/mol. The Labute approximate surface area is 119 Å². The summed E-state index contributed by atoms with van der Waals surface area (Å²) in [5.41, 5.74) is -0.417. The minimum Gasteiger partial charge on any atom is -0.206 e. The summed E-state index contributed by atoms with van der Waals surface area (Å²) >= 11 is 0. The first-order chi connectivity index (χ1) is 9.45. The topological polar surface area (TPSA) is 0 Å². The van der Waals surface area contributed by atoms with Gasteiger partial charge in [-0.2, -0.15) is 0 Å². The SMILES string of the molecule is CCCCP(CCCC)c1c(F)c(C)c(F)c(F)c1F. The summed E-state index contributed by atoms with van der Waals surface area (Å²) in [4.78, 5) is 0. The number of benzene rings is 1. The van der Waals surface area contributed by atoms with E-state index >= 15 is 0 Å². The van der Waals surface area contributed by atoms with Crippen molar-refractivity contribution in [1.82, 2.24) is 0 Å². The highest BCUT2D eigenvalue weighted by molar-refractivity contribution is 7.65. The van der Waals surface area contributed by atoms with Gasteiger partial charge in [0.15, 0.2) is 17.5 Å². The largest absolute Gasteiger partial charge is 0.206 e. The molecule has 0 aliphatic heterocycles. The summed E-state index contributed by atoms with van der Waals surface area (Å²) in [6, 6.07) is 0. The van der Waals surface area contributed by atoms with Crippen LogP contribution in [0.4, 0.5) is 17.6 Å². The van der Waals surface area contributed by atoms with Crippen molar-refractivity contribution in [2.45, 2.75) is 46.5 Å². The number of rotatable bonds is 7. The third kappa shape index (κ3) is 3.72. The average Bonchev–Trinajstić information content (AvgIpc) is 2.45. The van der Waals surface area contributed by atoms with E-state index in [1.807, 2.05) is 13.8 Å². The van der Waals surface area contributed by atoms with Crippen molar-refractivity contribution in [3.8, 4) is 0 Å². The van der Waals surface area contributed by atoms with E-state index in [0.29, 0.717) is 12.3 Å². The Hall–Kier alpha value is -0.630. The molecule has 1 rings (SSSR count). The Morgan fingerprint density at radius 3 is 1.70 bits per heavy atom. The van der Waals surface area contributed by atoms with Gasteiger partial charge in [-0.3, -0.25) is 0 Å². The molecule has 0 saturated heterocycles. The van der Waals surface area contributed by atoms with Crippen molar-refractivity contribution >= 4 is 13.2 Å². The molecule has 0 heterocycles. The third-order valence-electron chi connectivity index (χ3n) is 3.34. The van der Waals surface area contributed by atoms with Gasteiger partial charge in [0.1, 0.15) is 5.82 Å². The summed E-state index contributed by atoms with van der Waals surface area (Å²) in [5.74, 6) is -5.19. The Morgan fingerprint density at radius 1 is 0.750 bits per heavy atom. The van der Waals surface area contributed by atoms with E-state index in [0.717, 1.165) is 32.6 Å².